The second-order valence-corrected chi connectivity index (χ2v) is 5.71. The zero-order valence-electron chi connectivity index (χ0n) is 10.4. The number of nitrogens with zero attached hydrogens (tertiary/aromatic N) is 3. The van der Waals surface area contributed by atoms with Crippen LogP contribution in [0.3, 0.4) is 0 Å². The minimum Gasteiger partial charge on any atom is -0.385 e. The Morgan fingerprint density at radius 3 is 2.94 bits per heavy atom. The molecule has 1 saturated carbocycles. The Balaban J connectivity index is 1.86. The number of urea groups is 1. The molecule has 0 aromatic heterocycles. The molecule has 17 heavy (non-hydrogen) atoms. The van der Waals surface area contributed by atoms with E-state index in [0.29, 0.717) is 11.8 Å². The van der Waals surface area contributed by atoms with Gasteiger partial charge < -0.3 is 15.5 Å². The summed E-state index contributed by atoms with van der Waals surface area (Å²) < 4.78 is 0. The van der Waals surface area contributed by atoms with Crippen molar-refractivity contribution in [2.45, 2.75) is 31.2 Å². The maximum atomic E-state index is 12.0. The standard InChI is InChI=1S/C12H20N4O/c1-15-6-2-5-12(8-15)10(13)14-11(17)16(12)7-9-3-4-9/h9H,2-8H2,1H3,(H2,13,14,17). The summed E-state index contributed by atoms with van der Waals surface area (Å²) in [4.78, 5) is 20.2. The molecule has 94 valence electrons. The molecular weight excluding hydrogens is 216 g/mol. The van der Waals surface area contributed by atoms with E-state index in [0.717, 1.165) is 32.5 Å². The number of aliphatic imine (C=N–C) groups is 1. The van der Waals surface area contributed by atoms with Crippen molar-refractivity contribution in [3.63, 3.8) is 0 Å². The van der Waals surface area contributed by atoms with Gasteiger partial charge in [-0.25, -0.2) is 4.79 Å². The second kappa shape index (κ2) is 3.70. The Kier molecular flexibility index (Phi) is 2.40. The van der Waals surface area contributed by atoms with E-state index in [1.54, 1.807) is 0 Å². The van der Waals surface area contributed by atoms with Crippen molar-refractivity contribution >= 4 is 11.9 Å². The van der Waals surface area contributed by atoms with Gasteiger partial charge >= 0.3 is 6.03 Å². The lowest BCUT2D eigenvalue weighted by molar-refractivity contribution is 0.101. The highest BCUT2D eigenvalue weighted by atomic mass is 16.2. The lowest BCUT2D eigenvalue weighted by Crippen LogP contribution is -2.62. The first-order valence-corrected chi connectivity index (χ1v) is 6.46. The van der Waals surface area contributed by atoms with Crippen molar-refractivity contribution in [2.24, 2.45) is 16.6 Å². The number of likely N-dealkylation sites (tertiary alicyclic amines) is 1. The lowest BCUT2D eigenvalue weighted by atomic mass is 9.87. The van der Waals surface area contributed by atoms with Gasteiger partial charge in [0.05, 0.1) is 0 Å². The molecule has 0 aromatic rings. The Bertz CT molecular complexity index is 377. The van der Waals surface area contributed by atoms with Crippen LogP contribution < -0.4 is 5.73 Å². The Morgan fingerprint density at radius 2 is 2.29 bits per heavy atom. The van der Waals surface area contributed by atoms with Crippen LogP contribution in [0.1, 0.15) is 25.7 Å². The molecule has 1 atom stereocenters. The molecule has 0 bridgehead atoms. The van der Waals surface area contributed by atoms with Crippen LogP contribution in [0, 0.1) is 5.92 Å². The van der Waals surface area contributed by atoms with Crippen LogP contribution in [-0.4, -0.2) is 53.9 Å². The maximum Gasteiger partial charge on any atom is 0.346 e. The molecule has 0 aromatic carbocycles. The number of hydrogen-bond acceptors (Lipinski definition) is 3. The quantitative estimate of drug-likeness (QED) is 0.766. The van der Waals surface area contributed by atoms with Gasteiger partial charge in [-0.2, -0.15) is 4.99 Å². The first-order chi connectivity index (χ1) is 8.12. The molecule has 1 saturated heterocycles. The van der Waals surface area contributed by atoms with Gasteiger partial charge in [-0.15, -0.1) is 0 Å². The maximum absolute atomic E-state index is 12.0. The molecule has 0 radical (unpaired) electrons. The van der Waals surface area contributed by atoms with Gasteiger partial charge in [0.2, 0.25) is 0 Å². The topological polar surface area (TPSA) is 61.9 Å². The van der Waals surface area contributed by atoms with Crippen LogP contribution in [0.15, 0.2) is 4.99 Å². The first kappa shape index (κ1) is 11.0. The summed E-state index contributed by atoms with van der Waals surface area (Å²) >= 11 is 0. The molecule has 2 amide bonds. The summed E-state index contributed by atoms with van der Waals surface area (Å²) in [5, 5.41) is 0. The molecule has 5 heteroatoms. The highest BCUT2D eigenvalue weighted by Gasteiger charge is 2.51. The molecule has 1 unspecified atom stereocenters. The molecule has 3 rings (SSSR count). The van der Waals surface area contributed by atoms with Gasteiger partial charge in [-0.3, -0.25) is 0 Å². The average molecular weight is 236 g/mol. The predicted molar refractivity (Wildman–Crippen MR) is 65.9 cm³/mol. The number of hydrogen-bond donors (Lipinski definition) is 1. The fraction of sp³-hybridized carbons (Fsp3) is 0.833. The Hall–Kier alpha value is -1.10. The number of rotatable bonds is 2. The van der Waals surface area contributed by atoms with Gasteiger partial charge in [0.15, 0.2) is 0 Å². The van der Waals surface area contributed by atoms with E-state index in [-0.39, 0.29) is 11.6 Å². The zero-order valence-corrected chi connectivity index (χ0v) is 10.4. The molecule has 3 aliphatic rings. The van der Waals surface area contributed by atoms with E-state index in [1.807, 2.05) is 4.90 Å². The fourth-order valence-corrected chi connectivity index (χ4v) is 3.08. The van der Waals surface area contributed by atoms with Crippen molar-refractivity contribution in [3.8, 4) is 0 Å². The summed E-state index contributed by atoms with van der Waals surface area (Å²) in [6, 6.07) is -0.121. The van der Waals surface area contributed by atoms with Crippen LogP contribution in [0.25, 0.3) is 0 Å². The molecule has 2 N–H and O–H groups in total. The summed E-state index contributed by atoms with van der Waals surface area (Å²) in [6.07, 6.45) is 4.54. The number of carbonyl (C=O) groups is 1. The van der Waals surface area contributed by atoms with E-state index in [4.69, 9.17) is 5.73 Å². The molecule has 1 spiro atoms. The third-order valence-corrected chi connectivity index (χ3v) is 4.24. The first-order valence-electron chi connectivity index (χ1n) is 6.46. The molecular formula is C12H20N4O. The van der Waals surface area contributed by atoms with Crippen LogP contribution in [0.2, 0.25) is 0 Å². The van der Waals surface area contributed by atoms with Crippen molar-refractivity contribution < 1.29 is 4.79 Å². The van der Waals surface area contributed by atoms with Gasteiger partial charge in [-0.1, -0.05) is 0 Å². The lowest BCUT2D eigenvalue weighted by Gasteiger charge is -2.44. The number of piperidine rings is 1. The van der Waals surface area contributed by atoms with E-state index in [2.05, 4.69) is 16.9 Å². The summed E-state index contributed by atoms with van der Waals surface area (Å²) in [5.74, 6) is 1.22. The number of amidine groups is 1. The largest absolute Gasteiger partial charge is 0.385 e. The highest BCUT2D eigenvalue weighted by Crippen LogP contribution is 2.37. The summed E-state index contributed by atoms with van der Waals surface area (Å²) in [7, 11) is 2.09. The second-order valence-electron chi connectivity index (χ2n) is 5.71. The zero-order chi connectivity index (χ0) is 12.0. The smallest absolute Gasteiger partial charge is 0.346 e. The Morgan fingerprint density at radius 1 is 1.53 bits per heavy atom. The minimum atomic E-state index is -0.299. The average Bonchev–Trinajstić information content (AvgIpc) is 3.05. The van der Waals surface area contributed by atoms with Crippen LogP contribution in [0.5, 0.6) is 0 Å². The summed E-state index contributed by atoms with van der Waals surface area (Å²) in [6.45, 7) is 2.76. The van der Waals surface area contributed by atoms with E-state index in [1.165, 1.54) is 12.8 Å². The molecule has 2 heterocycles. The molecule has 5 nitrogen and oxygen atoms in total. The van der Waals surface area contributed by atoms with Gasteiger partial charge in [-0.05, 0) is 45.2 Å². The highest BCUT2D eigenvalue weighted by molar-refractivity contribution is 6.06. The van der Waals surface area contributed by atoms with Crippen LogP contribution in [-0.2, 0) is 0 Å². The third-order valence-electron chi connectivity index (χ3n) is 4.24. The monoisotopic (exact) mass is 236 g/mol. The van der Waals surface area contributed by atoms with Crippen molar-refractivity contribution in [1.82, 2.24) is 9.80 Å². The van der Waals surface area contributed by atoms with E-state index < -0.39 is 0 Å². The number of likely N-dealkylation sites (N-methyl/N-ethyl adjacent to an activating group) is 1. The minimum absolute atomic E-state index is 0.121. The van der Waals surface area contributed by atoms with E-state index >= 15 is 0 Å². The fourth-order valence-electron chi connectivity index (χ4n) is 3.08. The van der Waals surface area contributed by atoms with Crippen molar-refractivity contribution in [1.29, 1.82) is 0 Å². The number of amides is 2. The Labute approximate surface area is 102 Å². The number of carbonyl (C=O) groups excluding carboxylic acids is 1. The van der Waals surface area contributed by atoms with Crippen LogP contribution in [0.4, 0.5) is 4.79 Å². The van der Waals surface area contributed by atoms with Gasteiger partial charge in [0.1, 0.15) is 11.4 Å². The van der Waals surface area contributed by atoms with Gasteiger partial charge in [0.25, 0.3) is 0 Å². The van der Waals surface area contributed by atoms with Gasteiger partial charge in [0, 0.05) is 13.1 Å². The van der Waals surface area contributed by atoms with Crippen molar-refractivity contribution in [2.75, 3.05) is 26.7 Å². The normalized spacial score (nSPS) is 34.5. The van der Waals surface area contributed by atoms with Crippen molar-refractivity contribution in [3.05, 3.63) is 0 Å². The SMILES string of the molecule is CN1CCCC2(C1)C(N)=NC(=O)N2CC1CC1. The predicted octanol–water partition coefficient (Wildman–Crippen LogP) is 0.654. The molecule has 1 aliphatic carbocycles. The molecule has 2 fully saturated rings. The molecule has 2 aliphatic heterocycles. The third kappa shape index (κ3) is 1.73. The van der Waals surface area contributed by atoms with Crippen LogP contribution >= 0.6 is 0 Å². The van der Waals surface area contributed by atoms with E-state index in [9.17, 15) is 4.79 Å². The number of nitrogens with two attached hydrogens (primary N) is 1. The summed E-state index contributed by atoms with van der Waals surface area (Å²) in [5.41, 5.74) is 5.75.